The molecule has 0 bridgehead atoms. The van der Waals surface area contributed by atoms with Crippen LogP contribution >= 0.6 is 23.8 Å². The van der Waals surface area contributed by atoms with Crippen molar-refractivity contribution in [3.05, 3.63) is 56.7 Å². The second-order valence-corrected chi connectivity index (χ2v) is 5.34. The van der Waals surface area contributed by atoms with E-state index in [1.165, 1.54) is 0 Å². The molecule has 0 amide bonds. The molecule has 0 aliphatic rings. The Labute approximate surface area is 136 Å². The van der Waals surface area contributed by atoms with Gasteiger partial charge in [-0.05, 0) is 29.9 Å². The fourth-order valence-electron chi connectivity index (χ4n) is 1.79. The van der Waals surface area contributed by atoms with E-state index in [-0.39, 0.29) is 17.0 Å². The molecule has 2 aromatic rings. The lowest BCUT2D eigenvalue weighted by molar-refractivity contribution is -0.138. The lowest BCUT2D eigenvalue weighted by atomic mass is 10.1. The van der Waals surface area contributed by atoms with Gasteiger partial charge in [-0.1, -0.05) is 11.6 Å². The molecule has 1 aromatic carbocycles. The van der Waals surface area contributed by atoms with E-state index >= 15 is 0 Å². The molecule has 2 rings (SSSR count). The first-order valence-corrected chi connectivity index (χ1v) is 6.75. The number of benzene rings is 1. The fraction of sp³-hybridized carbons (Fsp3) is 0.154. The highest BCUT2D eigenvalue weighted by Gasteiger charge is 2.31. The van der Waals surface area contributed by atoms with Gasteiger partial charge in [0.05, 0.1) is 11.8 Å². The largest absolute Gasteiger partial charge is 0.502 e. The van der Waals surface area contributed by atoms with Crippen LogP contribution < -0.4 is 5.56 Å². The molecule has 0 aliphatic heterocycles. The molecule has 0 unspecified atom stereocenters. The van der Waals surface area contributed by atoms with Crippen LogP contribution in [0.3, 0.4) is 0 Å². The van der Waals surface area contributed by atoms with Crippen molar-refractivity contribution in [2.24, 2.45) is 0 Å². The number of aliphatic hydroxyl groups excluding tert-OH is 1. The average Bonchev–Trinajstić information content (AvgIpc) is 2.41. The smallest absolute Gasteiger partial charge is 0.418 e. The van der Waals surface area contributed by atoms with Crippen LogP contribution in [0.5, 0.6) is 0 Å². The van der Waals surface area contributed by atoms with E-state index in [1.807, 2.05) is 0 Å². The number of aliphatic hydroxyl groups is 1. The predicted octanol–water partition coefficient (Wildman–Crippen LogP) is 3.47. The minimum Gasteiger partial charge on any atom is -0.502 e. The minimum atomic E-state index is -4.74. The van der Waals surface area contributed by atoms with Crippen molar-refractivity contribution in [3.8, 4) is 5.69 Å². The number of rotatable bonds is 3. The van der Waals surface area contributed by atoms with Gasteiger partial charge in [-0.25, -0.2) is 4.39 Å². The van der Waals surface area contributed by atoms with Crippen LogP contribution in [-0.2, 0) is 12.6 Å². The molecule has 122 valence electrons. The number of alkyl halides is 3. The molecule has 4 nitrogen and oxygen atoms in total. The van der Waals surface area contributed by atoms with Crippen molar-refractivity contribution >= 4 is 28.9 Å². The first kappa shape index (κ1) is 17.4. The van der Waals surface area contributed by atoms with Crippen LogP contribution in [0.25, 0.3) is 5.69 Å². The van der Waals surface area contributed by atoms with E-state index in [9.17, 15) is 22.4 Å². The quantitative estimate of drug-likeness (QED) is 0.667. The summed E-state index contributed by atoms with van der Waals surface area (Å²) < 4.78 is 52.0. The van der Waals surface area contributed by atoms with Crippen molar-refractivity contribution in [2.45, 2.75) is 12.6 Å². The van der Waals surface area contributed by atoms with Gasteiger partial charge >= 0.3 is 6.18 Å². The van der Waals surface area contributed by atoms with E-state index in [0.717, 1.165) is 12.1 Å². The monoisotopic (exact) mass is 366 g/mol. The number of thiocarbonyl (C=S) groups is 1. The zero-order valence-corrected chi connectivity index (χ0v) is 12.6. The normalized spacial score (nSPS) is 11.5. The van der Waals surface area contributed by atoms with Crippen LogP contribution in [0.1, 0.15) is 11.1 Å². The van der Waals surface area contributed by atoms with Crippen LogP contribution in [0.2, 0.25) is 5.02 Å². The molecule has 0 atom stereocenters. The Morgan fingerprint density at radius 1 is 1.35 bits per heavy atom. The molecule has 0 radical (unpaired) electrons. The number of halogens is 5. The Morgan fingerprint density at radius 2 is 2.00 bits per heavy atom. The zero-order valence-electron chi connectivity index (χ0n) is 11.1. The van der Waals surface area contributed by atoms with Gasteiger partial charge in [0, 0.05) is 17.5 Å². The van der Waals surface area contributed by atoms with Gasteiger partial charge in [0.2, 0.25) is 0 Å². The summed E-state index contributed by atoms with van der Waals surface area (Å²) in [7, 11) is 0. The van der Waals surface area contributed by atoms with Crippen molar-refractivity contribution in [1.29, 1.82) is 0 Å². The lowest BCUT2D eigenvalue weighted by Gasteiger charge is -2.11. The summed E-state index contributed by atoms with van der Waals surface area (Å²) in [4.78, 5) is 11.8. The second kappa shape index (κ2) is 6.25. The summed E-state index contributed by atoms with van der Waals surface area (Å²) in [6, 6.07) is 2.25. The highest BCUT2D eigenvalue weighted by molar-refractivity contribution is 7.80. The maximum Gasteiger partial charge on any atom is 0.418 e. The minimum absolute atomic E-state index is 0.0531. The molecule has 0 saturated heterocycles. The molecule has 1 aromatic heterocycles. The van der Waals surface area contributed by atoms with Gasteiger partial charge in [0.15, 0.2) is 10.9 Å². The van der Waals surface area contributed by atoms with Crippen molar-refractivity contribution < 1.29 is 22.7 Å². The van der Waals surface area contributed by atoms with Crippen LogP contribution in [-0.4, -0.2) is 19.9 Å². The Morgan fingerprint density at radius 3 is 2.52 bits per heavy atom. The Bertz CT molecular complexity index is 836. The number of nitrogens with zero attached hydrogens (tertiary/aromatic N) is 2. The van der Waals surface area contributed by atoms with E-state index in [2.05, 4.69) is 17.3 Å². The molecule has 10 heteroatoms. The van der Waals surface area contributed by atoms with Crippen LogP contribution in [0.4, 0.5) is 17.6 Å². The van der Waals surface area contributed by atoms with Crippen molar-refractivity contribution in [1.82, 2.24) is 9.78 Å². The lowest BCUT2D eigenvalue weighted by Crippen LogP contribution is -2.24. The highest BCUT2D eigenvalue weighted by atomic mass is 35.5. The summed E-state index contributed by atoms with van der Waals surface area (Å²) in [6.07, 6.45) is -4.51. The summed E-state index contributed by atoms with van der Waals surface area (Å²) in [5, 5.41) is 12.0. The third-order valence-corrected chi connectivity index (χ3v) is 3.31. The summed E-state index contributed by atoms with van der Waals surface area (Å²) in [5.41, 5.74) is -2.62. The van der Waals surface area contributed by atoms with Gasteiger partial charge in [-0.15, -0.1) is 0 Å². The summed E-state index contributed by atoms with van der Waals surface area (Å²) in [6.45, 7) is 0. The van der Waals surface area contributed by atoms with E-state index in [0.29, 0.717) is 16.9 Å². The molecule has 1 heterocycles. The molecule has 0 spiro atoms. The Kier molecular flexibility index (Phi) is 4.71. The molecule has 0 fully saturated rings. The average molecular weight is 367 g/mol. The first-order valence-electron chi connectivity index (χ1n) is 5.96. The molecule has 1 N–H and O–H groups in total. The SMILES string of the molecule is O=c1cc(C(F)(F)F)cnn1-c1cc(CC(O)=S)c(Cl)cc1F. The van der Waals surface area contributed by atoms with Crippen LogP contribution in [0.15, 0.2) is 29.2 Å². The third kappa shape index (κ3) is 3.85. The maximum absolute atomic E-state index is 14.0. The van der Waals surface area contributed by atoms with Gasteiger partial charge in [-0.3, -0.25) is 4.79 Å². The van der Waals surface area contributed by atoms with E-state index in [4.69, 9.17) is 16.7 Å². The third-order valence-electron chi connectivity index (χ3n) is 2.81. The first-order chi connectivity index (χ1) is 10.6. The maximum atomic E-state index is 14.0. The van der Waals surface area contributed by atoms with Crippen molar-refractivity contribution in [2.75, 3.05) is 0 Å². The molecule has 23 heavy (non-hydrogen) atoms. The molecule has 0 saturated carbocycles. The predicted molar refractivity (Wildman–Crippen MR) is 78.7 cm³/mol. The van der Waals surface area contributed by atoms with E-state index < -0.39 is 33.9 Å². The Balaban J connectivity index is 2.58. The molecule has 0 aliphatic carbocycles. The van der Waals surface area contributed by atoms with E-state index in [1.54, 1.807) is 0 Å². The molecular formula is C13H7ClF4N2O2S. The number of hydrogen-bond donors (Lipinski definition) is 1. The summed E-state index contributed by atoms with van der Waals surface area (Å²) in [5.74, 6) is -0.961. The highest BCUT2D eigenvalue weighted by Crippen LogP contribution is 2.28. The standard InChI is InChI=1S/C13H7ClF4N2O2S/c14-8-4-9(15)10(1-6(8)2-12(22)23)20-11(21)3-7(5-19-20)13(16,17)18/h1,3-5H,2H2,(H,22,23). The van der Waals surface area contributed by atoms with Gasteiger partial charge < -0.3 is 5.11 Å². The van der Waals surface area contributed by atoms with Gasteiger partial charge in [0.25, 0.3) is 5.56 Å². The topological polar surface area (TPSA) is 55.1 Å². The fourth-order valence-corrected chi connectivity index (χ4v) is 2.16. The molecular weight excluding hydrogens is 360 g/mol. The Hall–Kier alpha value is -2.00. The summed E-state index contributed by atoms with van der Waals surface area (Å²) >= 11 is 10.3. The second-order valence-electron chi connectivity index (χ2n) is 4.46. The van der Waals surface area contributed by atoms with Gasteiger partial charge in [0.1, 0.15) is 5.69 Å². The number of aromatic nitrogens is 2. The number of hydrogen-bond acceptors (Lipinski definition) is 3. The van der Waals surface area contributed by atoms with Crippen molar-refractivity contribution in [3.63, 3.8) is 0 Å². The van der Waals surface area contributed by atoms with Crippen LogP contribution in [0, 0.1) is 5.82 Å². The zero-order chi connectivity index (χ0) is 17.4. The van der Waals surface area contributed by atoms with Gasteiger partial charge in [-0.2, -0.15) is 23.0 Å².